The van der Waals surface area contributed by atoms with Crippen molar-refractivity contribution in [3.05, 3.63) is 37.9 Å². The number of alkyl halides is 3. The van der Waals surface area contributed by atoms with Gasteiger partial charge in [0.1, 0.15) is 0 Å². The third kappa shape index (κ3) is 4.78. The normalized spacial score (nSPS) is 10.6. The molecule has 0 aliphatic carbocycles. The molecule has 1 aromatic rings. The predicted molar refractivity (Wildman–Crippen MR) is 77.4 cm³/mol. The van der Waals surface area contributed by atoms with E-state index < -0.39 is 38.6 Å². The van der Waals surface area contributed by atoms with Crippen molar-refractivity contribution in [2.45, 2.75) is 19.0 Å². The summed E-state index contributed by atoms with van der Waals surface area (Å²) in [5.41, 5.74) is -4.42. The molecule has 132 valence electrons. The van der Waals surface area contributed by atoms with Crippen molar-refractivity contribution in [3.63, 3.8) is 0 Å². The summed E-state index contributed by atoms with van der Waals surface area (Å²) in [6, 6.07) is 3.87. The Kier molecular flexibility index (Phi) is 6.22. The highest BCUT2D eigenvalue weighted by atomic mass is 19.4. The molecule has 0 bridgehead atoms. The van der Waals surface area contributed by atoms with Crippen LogP contribution >= 0.6 is 0 Å². The molecule has 25 heavy (non-hydrogen) atoms. The van der Waals surface area contributed by atoms with Crippen LogP contribution in [-0.4, -0.2) is 22.9 Å². The van der Waals surface area contributed by atoms with Gasteiger partial charge in [-0.1, -0.05) is 0 Å². The lowest BCUT2D eigenvalue weighted by Gasteiger charge is -2.22. The van der Waals surface area contributed by atoms with Crippen molar-refractivity contribution in [2.75, 3.05) is 18.0 Å². The second-order valence-electron chi connectivity index (χ2n) is 4.68. The summed E-state index contributed by atoms with van der Waals surface area (Å²) in [5, 5.41) is 39.6. The van der Waals surface area contributed by atoms with Gasteiger partial charge in [-0.15, -0.1) is 0 Å². The van der Waals surface area contributed by atoms with E-state index in [0.29, 0.717) is 0 Å². The molecule has 9 nitrogen and oxygen atoms in total. The van der Waals surface area contributed by atoms with Gasteiger partial charge >= 0.3 is 6.18 Å². The number of hydrogen-bond acceptors (Lipinski definition) is 7. The molecular formula is C13H10F3N5O4. The van der Waals surface area contributed by atoms with E-state index in [1.807, 2.05) is 0 Å². The summed E-state index contributed by atoms with van der Waals surface area (Å²) in [5.74, 6) is 0. The van der Waals surface area contributed by atoms with E-state index in [1.54, 1.807) is 12.1 Å². The van der Waals surface area contributed by atoms with Crippen LogP contribution < -0.4 is 4.90 Å². The van der Waals surface area contributed by atoms with Crippen molar-refractivity contribution in [2.24, 2.45) is 0 Å². The first-order valence-corrected chi connectivity index (χ1v) is 6.66. The number of halogens is 3. The van der Waals surface area contributed by atoms with E-state index in [1.165, 1.54) is 0 Å². The lowest BCUT2D eigenvalue weighted by molar-refractivity contribution is -0.393. The van der Waals surface area contributed by atoms with Crippen LogP contribution in [0.1, 0.15) is 18.4 Å². The van der Waals surface area contributed by atoms with E-state index in [2.05, 4.69) is 0 Å². The van der Waals surface area contributed by atoms with Crippen LogP contribution in [0.15, 0.2) is 12.1 Å². The van der Waals surface area contributed by atoms with Crippen LogP contribution in [0.2, 0.25) is 0 Å². The zero-order valence-corrected chi connectivity index (χ0v) is 12.5. The van der Waals surface area contributed by atoms with Gasteiger partial charge in [0, 0.05) is 25.2 Å². The van der Waals surface area contributed by atoms with E-state index in [4.69, 9.17) is 10.5 Å². The van der Waals surface area contributed by atoms with Gasteiger partial charge < -0.3 is 4.90 Å². The Balaban J connectivity index is 3.68. The first-order chi connectivity index (χ1) is 11.6. The van der Waals surface area contributed by atoms with E-state index in [0.717, 1.165) is 4.90 Å². The Hall–Kier alpha value is -3.41. The summed E-state index contributed by atoms with van der Waals surface area (Å²) in [6.45, 7) is -0.434. The fourth-order valence-corrected chi connectivity index (χ4v) is 2.08. The maximum Gasteiger partial charge on any atom is 0.416 e. The number of hydrogen-bond donors (Lipinski definition) is 0. The molecule has 0 amide bonds. The molecule has 0 aliphatic rings. The predicted octanol–water partition coefficient (Wildman–Crippen LogP) is 3.16. The third-order valence-corrected chi connectivity index (χ3v) is 3.09. The summed E-state index contributed by atoms with van der Waals surface area (Å²) >= 11 is 0. The second-order valence-corrected chi connectivity index (χ2v) is 4.68. The monoisotopic (exact) mass is 357 g/mol. The van der Waals surface area contributed by atoms with Crippen LogP contribution in [0.5, 0.6) is 0 Å². The molecule has 0 spiro atoms. The average Bonchev–Trinajstić information content (AvgIpc) is 2.53. The smallest absolute Gasteiger partial charge is 0.358 e. The standard InChI is InChI=1S/C13H10F3N5O4/c14-13(15,16)9-7-10(20(22)23)12(11(8-9)21(24)25)19(5-1-3-17)6-2-4-18/h7-8H,1-2,5-6H2. The number of anilines is 1. The second kappa shape index (κ2) is 7.92. The van der Waals surface area contributed by atoms with Crippen LogP contribution in [0.3, 0.4) is 0 Å². The van der Waals surface area contributed by atoms with Crippen molar-refractivity contribution < 1.29 is 23.0 Å². The largest absolute Gasteiger partial charge is 0.416 e. The summed E-state index contributed by atoms with van der Waals surface area (Å²) < 4.78 is 38.6. The fourth-order valence-electron chi connectivity index (χ4n) is 2.08. The molecule has 0 saturated carbocycles. The molecule has 0 aliphatic heterocycles. The van der Waals surface area contributed by atoms with Crippen molar-refractivity contribution in [3.8, 4) is 12.1 Å². The van der Waals surface area contributed by atoms with Crippen LogP contribution in [0, 0.1) is 42.9 Å². The van der Waals surface area contributed by atoms with E-state index in [-0.39, 0.29) is 38.1 Å². The Morgan fingerprint density at radius 3 is 1.68 bits per heavy atom. The summed E-state index contributed by atoms with van der Waals surface area (Å²) in [4.78, 5) is 21.0. The number of nitrogens with zero attached hydrogens (tertiary/aromatic N) is 5. The van der Waals surface area contributed by atoms with Gasteiger partial charge in [0.15, 0.2) is 5.69 Å². The first kappa shape index (κ1) is 19.6. The van der Waals surface area contributed by atoms with Gasteiger partial charge in [-0.3, -0.25) is 20.2 Å². The maximum absolute atomic E-state index is 12.9. The van der Waals surface area contributed by atoms with Crippen LogP contribution in [0.25, 0.3) is 0 Å². The molecule has 0 radical (unpaired) electrons. The lowest BCUT2D eigenvalue weighted by Crippen LogP contribution is -2.27. The molecule has 1 rings (SSSR count). The van der Waals surface area contributed by atoms with Gasteiger partial charge in [-0.25, -0.2) is 0 Å². The zero-order valence-electron chi connectivity index (χ0n) is 12.5. The van der Waals surface area contributed by atoms with Crippen molar-refractivity contribution >= 4 is 17.1 Å². The summed E-state index contributed by atoms with van der Waals surface area (Å²) in [6.07, 6.45) is -5.40. The maximum atomic E-state index is 12.9. The van der Waals surface area contributed by atoms with Gasteiger partial charge in [0.05, 0.1) is 40.4 Å². The minimum absolute atomic E-state index is 0.194. The average molecular weight is 357 g/mol. The van der Waals surface area contributed by atoms with Crippen LogP contribution in [0.4, 0.5) is 30.2 Å². The molecule has 0 atom stereocenters. The Morgan fingerprint density at radius 1 is 1.00 bits per heavy atom. The van der Waals surface area contributed by atoms with Gasteiger partial charge in [-0.2, -0.15) is 23.7 Å². The zero-order chi connectivity index (χ0) is 19.2. The third-order valence-electron chi connectivity index (χ3n) is 3.09. The molecule has 0 heterocycles. The molecule has 0 unspecified atom stereocenters. The van der Waals surface area contributed by atoms with E-state index >= 15 is 0 Å². The van der Waals surface area contributed by atoms with Gasteiger partial charge in [0.2, 0.25) is 0 Å². The highest BCUT2D eigenvalue weighted by molar-refractivity contribution is 5.76. The highest BCUT2D eigenvalue weighted by Crippen LogP contribution is 2.43. The van der Waals surface area contributed by atoms with Gasteiger partial charge in [0.25, 0.3) is 11.4 Å². The quantitative estimate of drug-likeness (QED) is 0.539. The number of nitro benzene ring substituents is 2. The Labute approximate surface area is 138 Å². The highest BCUT2D eigenvalue weighted by Gasteiger charge is 2.39. The molecular weight excluding hydrogens is 347 g/mol. The molecule has 0 saturated heterocycles. The molecule has 0 fully saturated rings. The number of nitro groups is 2. The Bertz CT molecular complexity index is 713. The van der Waals surface area contributed by atoms with E-state index in [9.17, 15) is 33.4 Å². The molecule has 0 aromatic heterocycles. The topological polar surface area (TPSA) is 137 Å². The number of nitriles is 2. The van der Waals surface area contributed by atoms with Crippen molar-refractivity contribution in [1.29, 1.82) is 10.5 Å². The van der Waals surface area contributed by atoms with Crippen LogP contribution in [-0.2, 0) is 6.18 Å². The Morgan fingerprint density at radius 2 is 1.40 bits per heavy atom. The molecule has 1 aromatic carbocycles. The SMILES string of the molecule is N#CCCN(CCC#N)c1c([N+](=O)[O-])cc(C(F)(F)F)cc1[N+](=O)[O-]. The number of benzene rings is 1. The number of rotatable bonds is 7. The molecule has 0 N–H and O–H groups in total. The summed E-state index contributed by atoms with van der Waals surface area (Å²) in [7, 11) is 0. The minimum atomic E-state index is -5.02. The minimum Gasteiger partial charge on any atom is -0.358 e. The lowest BCUT2D eigenvalue weighted by atomic mass is 10.1. The molecule has 12 heteroatoms. The first-order valence-electron chi connectivity index (χ1n) is 6.66. The van der Waals surface area contributed by atoms with Crippen molar-refractivity contribution in [1.82, 2.24) is 0 Å². The van der Waals surface area contributed by atoms with Gasteiger partial charge in [-0.05, 0) is 0 Å². The fraction of sp³-hybridized carbons (Fsp3) is 0.385.